The number of benzene rings is 2. The fourth-order valence-corrected chi connectivity index (χ4v) is 3.30. The van der Waals surface area contributed by atoms with Crippen LogP contribution in [0.1, 0.15) is 43.2 Å². The van der Waals surface area contributed by atoms with Gasteiger partial charge < -0.3 is 31.9 Å². The van der Waals surface area contributed by atoms with Gasteiger partial charge in [-0.15, -0.1) is 0 Å². The van der Waals surface area contributed by atoms with E-state index in [1.165, 1.54) is 49.7 Å². The number of ketones is 1. The number of nitrogen functional groups attached to an aromatic ring is 1. The number of amides is 2. The van der Waals surface area contributed by atoms with Gasteiger partial charge in [-0.25, -0.2) is 9.97 Å². The molecule has 0 radical (unpaired) electrons. The van der Waals surface area contributed by atoms with E-state index in [1.54, 1.807) is 12.1 Å². The fourth-order valence-electron chi connectivity index (χ4n) is 3.30. The van der Waals surface area contributed by atoms with Gasteiger partial charge in [-0.3, -0.25) is 14.4 Å². The number of nitrogens with zero attached hydrogens (tertiary/aromatic N) is 2. The van der Waals surface area contributed by atoms with Crippen molar-refractivity contribution >= 4 is 23.5 Å². The van der Waals surface area contributed by atoms with Crippen molar-refractivity contribution in [2.45, 2.75) is 12.5 Å². The van der Waals surface area contributed by atoms with Gasteiger partial charge in [0.2, 0.25) is 11.9 Å². The summed E-state index contributed by atoms with van der Waals surface area (Å²) in [7, 11) is 1.47. The number of carbonyl (C=O) groups is 3. The number of ether oxygens (including phenoxy) is 1. The van der Waals surface area contributed by atoms with Gasteiger partial charge in [0, 0.05) is 29.9 Å². The molecule has 2 heterocycles. The largest absolute Gasteiger partial charge is 0.507 e. The number of hydrogen-bond donors (Lipinski definition) is 5. The minimum atomic E-state index is -0.562. The lowest BCUT2D eigenvalue weighted by molar-refractivity contribution is 0.0933. The summed E-state index contributed by atoms with van der Waals surface area (Å²) in [6.07, 6.45) is 2.43. The van der Waals surface area contributed by atoms with E-state index >= 15 is 0 Å². The quantitative estimate of drug-likeness (QED) is 0.321. The number of nitrogens with two attached hydrogens (primary N) is 2. The third-order valence-electron chi connectivity index (χ3n) is 5.18. The molecular weight excluding hydrogens is 452 g/mol. The van der Waals surface area contributed by atoms with E-state index in [0.29, 0.717) is 22.6 Å². The first-order valence-electron chi connectivity index (χ1n) is 10.7. The van der Waals surface area contributed by atoms with Crippen molar-refractivity contribution in [1.82, 2.24) is 20.6 Å². The van der Waals surface area contributed by atoms with Crippen LogP contribution in [0.4, 0.5) is 5.95 Å². The van der Waals surface area contributed by atoms with Gasteiger partial charge >= 0.3 is 0 Å². The molecule has 1 aliphatic heterocycles. The molecule has 2 amide bonds. The molecule has 7 N–H and O–H groups in total. The van der Waals surface area contributed by atoms with Crippen LogP contribution in [0.2, 0.25) is 0 Å². The molecule has 0 unspecified atom stereocenters. The van der Waals surface area contributed by atoms with E-state index in [4.69, 9.17) is 16.2 Å². The highest BCUT2D eigenvalue weighted by molar-refractivity contribution is 6.11. The van der Waals surface area contributed by atoms with E-state index in [1.807, 2.05) is 0 Å². The summed E-state index contributed by atoms with van der Waals surface area (Å²) >= 11 is 0. The fraction of sp³-hybridized carbons (Fsp3) is 0.208. The van der Waals surface area contributed by atoms with Gasteiger partial charge in [0.1, 0.15) is 17.2 Å². The van der Waals surface area contributed by atoms with Crippen LogP contribution in [0.25, 0.3) is 0 Å². The molecule has 4 rings (SSSR count). The van der Waals surface area contributed by atoms with Gasteiger partial charge in [0.25, 0.3) is 5.91 Å². The van der Waals surface area contributed by atoms with Gasteiger partial charge in [0.05, 0.1) is 12.7 Å². The topological polar surface area (TPSA) is 183 Å². The summed E-state index contributed by atoms with van der Waals surface area (Å²) in [4.78, 5) is 42.5. The zero-order chi connectivity index (χ0) is 25.4. The number of anilines is 1. The SMILES string of the molecule is COc1ccc(O)c(C(=O)c2ccc(C(N)=O)cc2)c1.Nc1nccc(C(=O)N[C@H]2CCNC2)n1. The Kier molecular flexibility index (Phi) is 8.30. The number of aromatic nitrogens is 2. The Balaban J connectivity index is 0.000000203. The molecule has 0 spiro atoms. The summed E-state index contributed by atoms with van der Waals surface area (Å²) in [6, 6.07) is 12.1. The highest BCUT2D eigenvalue weighted by Crippen LogP contribution is 2.25. The molecule has 11 heteroatoms. The maximum absolute atomic E-state index is 12.3. The molecule has 1 atom stereocenters. The molecule has 0 bridgehead atoms. The predicted octanol–water partition coefficient (Wildman–Crippen LogP) is 0.881. The second kappa shape index (κ2) is 11.6. The first-order valence-corrected chi connectivity index (χ1v) is 10.7. The van der Waals surface area contributed by atoms with Crippen LogP contribution in [0.15, 0.2) is 54.7 Å². The van der Waals surface area contributed by atoms with Gasteiger partial charge in [-0.2, -0.15) is 0 Å². The number of carbonyl (C=O) groups excluding carboxylic acids is 3. The minimum Gasteiger partial charge on any atom is -0.507 e. The van der Waals surface area contributed by atoms with E-state index in [0.717, 1.165) is 19.5 Å². The number of methoxy groups -OCH3 is 1. The lowest BCUT2D eigenvalue weighted by Crippen LogP contribution is -2.36. The zero-order valence-electron chi connectivity index (χ0n) is 19.0. The smallest absolute Gasteiger partial charge is 0.270 e. The lowest BCUT2D eigenvalue weighted by atomic mass is 10.0. The molecule has 182 valence electrons. The first kappa shape index (κ1) is 25.1. The third-order valence-corrected chi connectivity index (χ3v) is 5.18. The minimum absolute atomic E-state index is 0.118. The maximum atomic E-state index is 12.3. The number of phenols is 1. The molecule has 1 aliphatic rings. The van der Waals surface area contributed by atoms with Crippen LogP contribution in [-0.4, -0.2) is 58.9 Å². The Morgan fingerprint density at radius 2 is 1.83 bits per heavy atom. The maximum Gasteiger partial charge on any atom is 0.270 e. The molecule has 2 aromatic carbocycles. The standard InChI is InChI=1S/C15H13NO4.C9H13N5O/c1-20-11-6-7-13(17)12(8-11)14(18)9-2-4-10(5-3-9)15(16)19;10-9-12-4-2-7(14-9)8(15)13-6-1-3-11-5-6/h2-8,17H,1H3,(H2,16,19);2,4,6,11H,1,3,5H2,(H,13,15)(H2,10,12,14)/t;6-/m.0/s1. The molecule has 1 saturated heterocycles. The Morgan fingerprint density at radius 3 is 2.43 bits per heavy atom. The molecule has 1 aromatic heterocycles. The second-order valence-electron chi connectivity index (χ2n) is 7.62. The average molecular weight is 479 g/mol. The van der Waals surface area contributed by atoms with Crippen molar-refractivity contribution in [3.05, 3.63) is 77.1 Å². The van der Waals surface area contributed by atoms with E-state index in [2.05, 4.69) is 20.6 Å². The predicted molar refractivity (Wildman–Crippen MR) is 128 cm³/mol. The van der Waals surface area contributed by atoms with Crippen molar-refractivity contribution < 1.29 is 24.2 Å². The molecule has 0 aliphatic carbocycles. The Morgan fingerprint density at radius 1 is 1.11 bits per heavy atom. The second-order valence-corrected chi connectivity index (χ2v) is 7.62. The van der Waals surface area contributed by atoms with E-state index < -0.39 is 5.91 Å². The Bertz CT molecular complexity index is 1210. The van der Waals surface area contributed by atoms with Crippen LogP contribution in [0.5, 0.6) is 11.5 Å². The van der Waals surface area contributed by atoms with Crippen LogP contribution >= 0.6 is 0 Å². The number of aromatic hydroxyl groups is 1. The highest BCUT2D eigenvalue weighted by Gasteiger charge is 2.18. The lowest BCUT2D eigenvalue weighted by Gasteiger charge is -2.10. The summed E-state index contributed by atoms with van der Waals surface area (Å²) in [5.41, 5.74) is 11.6. The zero-order valence-corrected chi connectivity index (χ0v) is 19.0. The summed E-state index contributed by atoms with van der Waals surface area (Å²) in [6.45, 7) is 1.75. The van der Waals surface area contributed by atoms with Crippen LogP contribution < -0.4 is 26.8 Å². The van der Waals surface area contributed by atoms with E-state index in [9.17, 15) is 19.5 Å². The van der Waals surface area contributed by atoms with Gasteiger partial charge in [0.15, 0.2) is 5.78 Å². The van der Waals surface area contributed by atoms with Crippen molar-refractivity contribution in [3.8, 4) is 11.5 Å². The number of rotatable bonds is 6. The highest BCUT2D eigenvalue weighted by atomic mass is 16.5. The number of nitrogens with one attached hydrogen (secondary N) is 2. The molecule has 11 nitrogen and oxygen atoms in total. The normalized spacial score (nSPS) is 14.4. The van der Waals surface area contributed by atoms with Crippen molar-refractivity contribution in [3.63, 3.8) is 0 Å². The number of hydrogen-bond acceptors (Lipinski definition) is 9. The molecule has 1 fully saturated rings. The number of phenolic OH excluding ortho intramolecular Hbond substituents is 1. The first-order chi connectivity index (χ1) is 16.8. The summed E-state index contributed by atoms with van der Waals surface area (Å²) < 4.78 is 5.02. The average Bonchev–Trinajstić information content (AvgIpc) is 3.37. The molecule has 35 heavy (non-hydrogen) atoms. The van der Waals surface area contributed by atoms with Crippen molar-refractivity contribution in [2.75, 3.05) is 25.9 Å². The monoisotopic (exact) mass is 478 g/mol. The van der Waals surface area contributed by atoms with Crippen LogP contribution in [0, 0.1) is 0 Å². The summed E-state index contributed by atoms with van der Waals surface area (Å²) in [5.74, 6) is -0.662. The molecule has 3 aromatic rings. The van der Waals surface area contributed by atoms with Crippen LogP contribution in [-0.2, 0) is 0 Å². The summed E-state index contributed by atoms with van der Waals surface area (Å²) in [5, 5.41) is 15.8. The molecule has 0 saturated carbocycles. The van der Waals surface area contributed by atoms with Crippen LogP contribution in [0.3, 0.4) is 0 Å². The van der Waals surface area contributed by atoms with Gasteiger partial charge in [-0.1, -0.05) is 12.1 Å². The Labute approximate surface area is 201 Å². The third kappa shape index (κ3) is 6.74. The molecular formula is C24H26N6O5. The van der Waals surface area contributed by atoms with Crippen molar-refractivity contribution in [2.24, 2.45) is 5.73 Å². The number of primary amides is 1. The van der Waals surface area contributed by atoms with Gasteiger partial charge in [-0.05, 0) is 49.4 Å². The van der Waals surface area contributed by atoms with E-state index in [-0.39, 0.29) is 35.0 Å². The van der Waals surface area contributed by atoms with Crippen molar-refractivity contribution in [1.29, 1.82) is 0 Å². The Hall–Kier alpha value is -4.51.